The maximum atomic E-state index is 14.0. The van der Waals surface area contributed by atoms with Crippen LogP contribution < -0.4 is 0 Å². The van der Waals surface area contributed by atoms with Crippen molar-refractivity contribution in [2.24, 2.45) is 35.5 Å². The smallest absolute Gasteiger partial charge is 0.331 e. The predicted molar refractivity (Wildman–Crippen MR) is 303 cm³/mol. The summed E-state index contributed by atoms with van der Waals surface area (Å²) in [7, 11) is 0. The van der Waals surface area contributed by atoms with E-state index in [-0.39, 0.29) is 62.1 Å². The zero-order valence-electron chi connectivity index (χ0n) is 50.2. The summed E-state index contributed by atoms with van der Waals surface area (Å²) in [5.41, 5.74) is 0.786. The highest BCUT2D eigenvalue weighted by Crippen LogP contribution is 2.43. The number of esters is 2. The lowest BCUT2D eigenvalue weighted by atomic mass is 9.77. The van der Waals surface area contributed by atoms with Gasteiger partial charge in [-0.05, 0) is 84.3 Å². The molecule has 456 valence electrons. The van der Waals surface area contributed by atoms with Gasteiger partial charge in [-0.2, -0.15) is 0 Å². The molecule has 5 rings (SSSR count). The van der Waals surface area contributed by atoms with E-state index < -0.39 is 127 Å². The SMILES string of the molecule is CCC1=C/C=C/C(CC)C(C(C)C(O)CC2(O)CC(OC3CC(O)C(O)C(C)O3)C(CC)C(C)O2)OC(=O)/C=C/C(CC)=C/C=C/C(CC)C(C(C)C(O)CC2(C)CC(OC3CC(O)C(O)C(C)O3)C(CC)C(C)O2)OC(=O)C=C1. The second-order valence-corrected chi connectivity index (χ2v) is 23.9. The fraction of sp³-hybridized carbons (Fsp3) is 0.778. The van der Waals surface area contributed by atoms with E-state index in [2.05, 4.69) is 6.92 Å². The maximum Gasteiger partial charge on any atom is 0.331 e. The first kappa shape index (κ1) is 67.6. The predicted octanol–water partition coefficient (Wildman–Crippen LogP) is 8.15. The lowest BCUT2D eigenvalue weighted by Gasteiger charge is -2.49. The van der Waals surface area contributed by atoms with Gasteiger partial charge in [0.1, 0.15) is 24.4 Å². The average Bonchev–Trinajstić information content (AvgIpc) is 3.39. The molecule has 4 fully saturated rings. The quantitative estimate of drug-likeness (QED) is 0.0640. The van der Waals surface area contributed by atoms with E-state index in [1.165, 1.54) is 12.2 Å². The lowest BCUT2D eigenvalue weighted by molar-refractivity contribution is -0.330. The second kappa shape index (κ2) is 31.1. The molecule has 4 saturated heterocycles. The van der Waals surface area contributed by atoms with E-state index >= 15 is 0 Å². The number of carbonyl (C=O) groups is 2. The molecule has 5 aliphatic rings. The molecule has 7 N–H and O–H groups in total. The number of cyclic esters (lactones) is 2. The lowest BCUT2D eigenvalue weighted by Crippen LogP contribution is -2.56. The van der Waals surface area contributed by atoms with Crippen molar-refractivity contribution < 1.29 is 83.2 Å². The number of hydrogen-bond acceptors (Lipinski definition) is 17. The van der Waals surface area contributed by atoms with Crippen LogP contribution in [0.1, 0.15) is 167 Å². The topological polar surface area (TPSA) is 250 Å². The van der Waals surface area contributed by atoms with Gasteiger partial charge in [-0.1, -0.05) is 104 Å². The van der Waals surface area contributed by atoms with E-state index in [1.807, 2.05) is 98.8 Å². The second-order valence-electron chi connectivity index (χ2n) is 23.9. The van der Waals surface area contributed by atoms with Crippen molar-refractivity contribution in [1.82, 2.24) is 0 Å². The van der Waals surface area contributed by atoms with Crippen LogP contribution in [0.15, 0.2) is 71.9 Å². The molecule has 0 aliphatic carbocycles. The average molecular weight is 1130 g/mol. The third-order valence-corrected chi connectivity index (χ3v) is 17.9. The number of ether oxygens (including phenoxy) is 8. The Hall–Kier alpha value is -3.14. The van der Waals surface area contributed by atoms with E-state index in [0.717, 1.165) is 17.6 Å². The van der Waals surface area contributed by atoms with Crippen LogP contribution in [0.5, 0.6) is 0 Å². The van der Waals surface area contributed by atoms with E-state index in [9.17, 15) is 45.3 Å². The monoisotopic (exact) mass is 1130 g/mol. The van der Waals surface area contributed by atoms with Crippen molar-refractivity contribution in [3.05, 3.63) is 71.9 Å². The Balaban J connectivity index is 1.37. The molecule has 80 heavy (non-hydrogen) atoms. The Kier molecular flexibility index (Phi) is 26.3. The molecule has 0 amide bonds. The van der Waals surface area contributed by atoms with Crippen molar-refractivity contribution in [1.29, 1.82) is 0 Å². The number of carbonyl (C=O) groups excluding carboxylic acids is 2. The summed E-state index contributed by atoms with van der Waals surface area (Å²) in [4.78, 5) is 27.9. The largest absolute Gasteiger partial charge is 0.458 e. The normalized spacial score (nSPS) is 42.5. The first-order chi connectivity index (χ1) is 37.8. The van der Waals surface area contributed by atoms with Crippen LogP contribution in [-0.2, 0) is 47.5 Å². The van der Waals surface area contributed by atoms with Crippen LogP contribution in [-0.4, -0.2) is 157 Å². The highest BCUT2D eigenvalue weighted by Gasteiger charge is 2.50. The number of allylic oxidation sites excluding steroid dienone is 8. The summed E-state index contributed by atoms with van der Waals surface area (Å²) in [6, 6.07) is 0. The first-order valence-electron chi connectivity index (χ1n) is 30.1. The fourth-order valence-corrected chi connectivity index (χ4v) is 12.7. The number of aliphatic hydroxyl groups excluding tert-OH is 6. The van der Waals surface area contributed by atoms with Crippen molar-refractivity contribution in [2.45, 2.75) is 276 Å². The molecule has 0 aromatic rings. The van der Waals surface area contributed by atoms with Crippen LogP contribution in [0.3, 0.4) is 0 Å². The summed E-state index contributed by atoms with van der Waals surface area (Å²) in [6.07, 6.45) is 9.73. The maximum absolute atomic E-state index is 14.0. The molecule has 0 aromatic heterocycles. The van der Waals surface area contributed by atoms with E-state index in [0.29, 0.717) is 38.5 Å². The third kappa shape index (κ3) is 18.4. The van der Waals surface area contributed by atoms with Gasteiger partial charge in [-0.3, -0.25) is 0 Å². The van der Waals surface area contributed by atoms with Gasteiger partial charge in [0.2, 0.25) is 0 Å². The van der Waals surface area contributed by atoms with Gasteiger partial charge in [0, 0.05) is 86.2 Å². The number of hydrogen-bond donors (Lipinski definition) is 7. The molecule has 0 aromatic carbocycles. The van der Waals surface area contributed by atoms with Crippen LogP contribution in [0.4, 0.5) is 0 Å². The van der Waals surface area contributed by atoms with Crippen molar-refractivity contribution >= 4 is 11.9 Å². The molecular weight excluding hydrogens is 1030 g/mol. The summed E-state index contributed by atoms with van der Waals surface area (Å²) in [6.45, 7) is 24.9. The zero-order chi connectivity index (χ0) is 59.2. The van der Waals surface area contributed by atoms with Gasteiger partial charge >= 0.3 is 11.9 Å². The summed E-state index contributed by atoms with van der Waals surface area (Å²) < 4.78 is 50.4. The Labute approximate surface area is 477 Å². The molecule has 24 unspecified atom stereocenters. The van der Waals surface area contributed by atoms with Crippen LogP contribution >= 0.6 is 0 Å². The number of rotatable bonds is 18. The van der Waals surface area contributed by atoms with Crippen molar-refractivity contribution in [3.8, 4) is 0 Å². The van der Waals surface area contributed by atoms with Gasteiger partial charge in [0.25, 0.3) is 0 Å². The van der Waals surface area contributed by atoms with Crippen molar-refractivity contribution in [3.63, 3.8) is 0 Å². The first-order valence-corrected chi connectivity index (χ1v) is 30.1. The minimum absolute atomic E-state index is 0.00708. The van der Waals surface area contributed by atoms with Crippen LogP contribution in [0.2, 0.25) is 0 Å². The Bertz CT molecular complexity index is 1950. The molecule has 0 saturated carbocycles. The molecule has 0 spiro atoms. The van der Waals surface area contributed by atoms with Crippen LogP contribution in [0, 0.1) is 35.5 Å². The van der Waals surface area contributed by atoms with E-state index in [1.54, 1.807) is 32.9 Å². The van der Waals surface area contributed by atoms with Gasteiger partial charge in [-0.15, -0.1) is 0 Å². The molecule has 0 bridgehead atoms. The summed E-state index contributed by atoms with van der Waals surface area (Å²) >= 11 is 0. The Morgan fingerprint density at radius 1 is 0.588 bits per heavy atom. The van der Waals surface area contributed by atoms with Gasteiger partial charge < -0.3 is 73.6 Å². The van der Waals surface area contributed by atoms with Gasteiger partial charge in [0.05, 0.1) is 66.6 Å². The van der Waals surface area contributed by atoms with Gasteiger partial charge in [0.15, 0.2) is 18.4 Å². The molecule has 17 nitrogen and oxygen atoms in total. The third-order valence-electron chi connectivity index (χ3n) is 17.9. The van der Waals surface area contributed by atoms with E-state index in [4.69, 9.17) is 37.9 Å². The molecule has 17 heteroatoms. The summed E-state index contributed by atoms with van der Waals surface area (Å²) in [5.74, 6) is -5.07. The highest BCUT2D eigenvalue weighted by atomic mass is 16.7. The zero-order valence-corrected chi connectivity index (χ0v) is 50.2. The minimum Gasteiger partial charge on any atom is -0.458 e. The fourth-order valence-electron chi connectivity index (χ4n) is 12.7. The standard InChI is InChI=1S/C63H102O17/c1-14-42-22-20-24-44(16-3)60(36(7)50(66)32-62(13)34-52(46(18-5)38(9)79-62)75-56-30-48(64)58(70)40(11)73-56)77-54(68)28-26-43(15-2)23-21-25-45(17-4)61(78-55(69)29-27-42)37(8)51(67)33-63(72)35-53(47(19-6)39(10)80-63)76-57-31-49(65)59(71)41(12)74-57/h20-29,36-41,44-53,56-61,64-67,70-72H,14-19,30-35H2,1-13H3/b24-20+,25-21+,28-26?,29-27+,42-22+,43-23?. The minimum atomic E-state index is -1.82. The molecule has 5 aliphatic heterocycles. The molecular formula is C63H102O17. The molecule has 5 heterocycles. The number of aliphatic hydroxyl groups is 7. The molecule has 24 atom stereocenters. The Morgan fingerprint density at radius 2 is 1.00 bits per heavy atom. The van der Waals surface area contributed by atoms with Crippen molar-refractivity contribution in [2.75, 3.05) is 0 Å². The Morgan fingerprint density at radius 3 is 1.40 bits per heavy atom. The van der Waals surface area contributed by atoms with Gasteiger partial charge in [-0.25, -0.2) is 9.59 Å². The summed E-state index contributed by atoms with van der Waals surface area (Å²) in [5, 5.41) is 77.9. The molecule has 0 radical (unpaired) electrons. The van der Waals surface area contributed by atoms with Crippen LogP contribution in [0.25, 0.3) is 0 Å². The highest BCUT2D eigenvalue weighted by molar-refractivity contribution is 5.83.